The summed E-state index contributed by atoms with van der Waals surface area (Å²) in [5.41, 5.74) is 0. The van der Waals surface area contributed by atoms with Gasteiger partial charge in [-0.2, -0.15) is 0 Å². The minimum Gasteiger partial charge on any atom is -0.493 e. The summed E-state index contributed by atoms with van der Waals surface area (Å²) in [5, 5.41) is 0. The third kappa shape index (κ3) is 4.61. The van der Waals surface area contributed by atoms with Gasteiger partial charge in [0, 0.05) is 12.2 Å². The molecule has 2 rings (SSSR count). The van der Waals surface area contributed by atoms with Gasteiger partial charge in [0.15, 0.2) is 23.0 Å². The molecule has 0 heterocycles. The Hall–Kier alpha value is -3.28. The Morgan fingerprint density at radius 3 is 1.33 bits per heavy atom. The van der Waals surface area contributed by atoms with Crippen LogP contribution in [-0.4, -0.2) is 26.2 Å². The zero-order valence-corrected chi connectivity index (χ0v) is 13.2. The third-order valence-corrected chi connectivity index (χ3v) is 2.91. The summed E-state index contributed by atoms with van der Waals surface area (Å²) in [4.78, 5) is 23.5. The largest absolute Gasteiger partial charge is 0.493 e. The van der Waals surface area contributed by atoms with Crippen LogP contribution >= 0.6 is 0 Å². The molecule has 0 aromatic heterocycles. The molecule has 0 unspecified atom stereocenters. The summed E-state index contributed by atoms with van der Waals surface area (Å²) in [6.07, 6.45) is 1.95. The second-order valence-electron chi connectivity index (χ2n) is 4.48. The van der Waals surface area contributed by atoms with Crippen molar-refractivity contribution in [1.82, 2.24) is 0 Å². The lowest BCUT2D eigenvalue weighted by molar-refractivity contribution is -0.131. The Balaban J connectivity index is 1.97. The molecule has 6 heteroatoms. The maximum absolute atomic E-state index is 11.8. The molecule has 0 amide bonds. The van der Waals surface area contributed by atoms with Gasteiger partial charge in [0.25, 0.3) is 0 Å². The van der Waals surface area contributed by atoms with E-state index in [1.807, 2.05) is 0 Å². The first-order chi connectivity index (χ1) is 11.6. The van der Waals surface area contributed by atoms with Crippen LogP contribution in [0.25, 0.3) is 0 Å². The molecule has 24 heavy (non-hydrogen) atoms. The number of esters is 2. The maximum Gasteiger partial charge on any atom is 0.336 e. The van der Waals surface area contributed by atoms with Crippen LogP contribution in [0.4, 0.5) is 0 Å². The van der Waals surface area contributed by atoms with Gasteiger partial charge >= 0.3 is 11.9 Å². The monoisotopic (exact) mass is 328 g/mol. The predicted molar refractivity (Wildman–Crippen MR) is 86.4 cm³/mol. The number of carbonyl (C=O) groups is 2. The van der Waals surface area contributed by atoms with Crippen LogP contribution in [0.2, 0.25) is 0 Å². The molecular weight excluding hydrogens is 312 g/mol. The van der Waals surface area contributed by atoms with E-state index in [2.05, 4.69) is 0 Å². The zero-order chi connectivity index (χ0) is 17.4. The van der Waals surface area contributed by atoms with Gasteiger partial charge in [-0.05, 0) is 24.3 Å². The van der Waals surface area contributed by atoms with E-state index in [1.54, 1.807) is 48.5 Å². The normalized spacial score (nSPS) is 10.2. The van der Waals surface area contributed by atoms with Gasteiger partial charge in [-0.3, -0.25) is 0 Å². The summed E-state index contributed by atoms with van der Waals surface area (Å²) in [7, 11) is 2.93. The van der Waals surface area contributed by atoms with E-state index in [1.165, 1.54) is 14.2 Å². The van der Waals surface area contributed by atoms with Crippen molar-refractivity contribution in [3.63, 3.8) is 0 Å². The SMILES string of the molecule is COc1ccccc1OC(=O)/C=C/C(=O)Oc1ccccc1OC. The number of carbonyl (C=O) groups excluding carboxylic acids is 2. The molecule has 6 nitrogen and oxygen atoms in total. The van der Waals surface area contributed by atoms with Gasteiger partial charge in [-0.1, -0.05) is 24.3 Å². The third-order valence-electron chi connectivity index (χ3n) is 2.91. The van der Waals surface area contributed by atoms with E-state index in [-0.39, 0.29) is 11.5 Å². The highest BCUT2D eigenvalue weighted by molar-refractivity contribution is 5.93. The fourth-order valence-electron chi connectivity index (χ4n) is 1.83. The lowest BCUT2D eigenvalue weighted by Crippen LogP contribution is -2.09. The Labute approximate surface area is 139 Å². The molecule has 0 saturated carbocycles. The Morgan fingerprint density at radius 1 is 0.667 bits per heavy atom. The van der Waals surface area contributed by atoms with Crippen molar-refractivity contribution >= 4 is 11.9 Å². The lowest BCUT2D eigenvalue weighted by Gasteiger charge is -2.07. The van der Waals surface area contributed by atoms with Gasteiger partial charge in [0.05, 0.1) is 14.2 Å². The smallest absolute Gasteiger partial charge is 0.336 e. The number of methoxy groups -OCH3 is 2. The van der Waals surface area contributed by atoms with Crippen molar-refractivity contribution < 1.29 is 28.5 Å². The molecule has 0 saturated heterocycles. The van der Waals surface area contributed by atoms with Crippen molar-refractivity contribution in [2.75, 3.05) is 14.2 Å². The van der Waals surface area contributed by atoms with Crippen molar-refractivity contribution in [3.8, 4) is 23.0 Å². The van der Waals surface area contributed by atoms with Crippen molar-refractivity contribution in [3.05, 3.63) is 60.7 Å². The van der Waals surface area contributed by atoms with Crippen molar-refractivity contribution in [2.24, 2.45) is 0 Å². The van der Waals surface area contributed by atoms with E-state index in [9.17, 15) is 9.59 Å². The minimum atomic E-state index is -0.725. The van der Waals surface area contributed by atoms with Gasteiger partial charge in [-0.15, -0.1) is 0 Å². The molecule has 0 aliphatic carbocycles. The van der Waals surface area contributed by atoms with E-state index in [4.69, 9.17) is 18.9 Å². The predicted octanol–water partition coefficient (Wildman–Crippen LogP) is 2.77. The Bertz CT molecular complexity index is 687. The first kappa shape index (κ1) is 17.1. The highest BCUT2D eigenvalue weighted by Gasteiger charge is 2.09. The van der Waals surface area contributed by atoms with Crippen LogP contribution in [0, 0.1) is 0 Å². The van der Waals surface area contributed by atoms with Crippen LogP contribution in [0.5, 0.6) is 23.0 Å². The summed E-state index contributed by atoms with van der Waals surface area (Å²) >= 11 is 0. The molecule has 0 N–H and O–H groups in total. The van der Waals surface area contributed by atoms with E-state index >= 15 is 0 Å². The average molecular weight is 328 g/mol. The lowest BCUT2D eigenvalue weighted by atomic mass is 10.3. The number of hydrogen-bond acceptors (Lipinski definition) is 6. The number of hydrogen-bond donors (Lipinski definition) is 0. The Morgan fingerprint density at radius 2 is 1.00 bits per heavy atom. The first-order valence-electron chi connectivity index (χ1n) is 7.01. The van der Waals surface area contributed by atoms with Crippen LogP contribution in [-0.2, 0) is 9.59 Å². The van der Waals surface area contributed by atoms with Gasteiger partial charge in [0.2, 0.25) is 0 Å². The van der Waals surface area contributed by atoms with Crippen LogP contribution in [0.3, 0.4) is 0 Å². The molecule has 0 atom stereocenters. The summed E-state index contributed by atoms with van der Waals surface area (Å²) in [5.74, 6) is -0.111. The summed E-state index contributed by atoms with van der Waals surface area (Å²) in [6, 6.07) is 13.4. The van der Waals surface area contributed by atoms with E-state index < -0.39 is 11.9 Å². The fourth-order valence-corrected chi connectivity index (χ4v) is 1.83. The van der Waals surface area contributed by atoms with E-state index in [0.717, 1.165) is 12.2 Å². The van der Waals surface area contributed by atoms with Crippen LogP contribution < -0.4 is 18.9 Å². The molecule has 0 radical (unpaired) electrons. The number of rotatable bonds is 6. The number of benzene rings is 2. The van der Waals surface area contributed by atoms with E-state index in [0.29, 0.717) is 11.5 Å². The second kappa shape index (κ2) is 8.38. The topological polar surface area (TPSA) is 71.1 Å². The molecule has 0 bridgehead atoms. The summed E-state index contributed by atoms with van der Waals surface area (Å²) in [6.45, 7) is 0. The molecule has 0 aliphatic rings. The molecule has 0 fully saturated rings. The number of ether oxygens (including phenoxy) is 4. The van der Waals surface area contributed by atoms with Crippen molar-refractivity contribution in [2.45, 2.75) is 0 Å². The second-order valence-corrected chi connectivity index (χ2v) is 4.48. The molecule has 0 aliphatic heterocycles. The molecule has 2 aromatic rings. The highest BCUT2D eigenvalue weighted by Crippen LogP contribution is 2.26. The van der Waals surface area contributed by atoms with Gasteiger partial charge < -0.3 is 18.9 Å². The summed E-state index contributed by atoms with van der Waals surface area (Å²) < 4.78 is 20.3. The fraction of sp³-hybridized carbons (Fsp3) is 0.111. The zero-order valence-electron chi connectivity index (χ0n) is 13.2. The van der Waals surface area contributed by atoms with Crippen LogP contribution in [0.1, 0.15) is 0 Å². The standard InChI is InChI=1S/C18H16O6/c1-21-13-7-3-5-9-15(13)23-17(19)11-12-18(20)24-16-10-6-4-8-14(16)22-2/h3-12H,1-2H3/b12-11+. The Kier molecular flexibility index (Phi) is 5.96. The maximum atomic E-state index is 11.8. The van der Waals surface area contributed by atoms with Gasteiger partial charge in [0.1, 0.15) is 0 Å². The molecule has 124 valence electrons. The minimum absolute atomic E-state index is 0.257. The quantitative estimate of drug-likeness (QED) is 0.461. The van der Waals surface area contributed by atoms with Crippen LogP contribution in [0.15, 0.2) is 60.7 Å². The molecule has 0 spiro atoms. The average Bonchev–Trinajstić information content (AvgIpc) is 2.61. The molecular formula is C18H16O6. The highest BCUT2D eigenvalue weighted by atomic mass is 16.6. The molecule has 2 aromatic carbocycles. The first-order valence-corrected chi connectivity index (χ1v) is 7.01. The van der Waals surface area contributed by atoms with Crippen molar-refractivity contribution in [1.29, 1.82) is 0 Å². The van der Waals surface area contributed by atoms with Gasteiger partial charge in [-0.25, -0.2) is 9.59 Å². The number of para-hydroxylation sites is 4.